The van der Waals surface area contributed by atoms with Gasteiger partial charge in [0.15, 0.2) is 5.78 Å². The second-order valence-electron chi connectivity index (χ2n) is 8.85. The van der Waals surface area contributed by atoms with E-state index in [1.54, 1.807) is 42.5 Å². The molecule has 162 valence electrons. The predicted octanol–water partition coefficient (Wildman–Crippen LogP) is 6.17. The first-order valence-electron chi connectivity index (χ1n) is 10.4. The normalized spacial score (nSPS) is 12.0. The Kier molecular flexibility index (Phi) is 5.61. The maximum Gasteiger partial charge on any atom is 0.261 e. The van der Waals surface area contributed by atoms with Crippen LogP contribution in [0.2, 0.25) is 0 Å². The van der Waals surface area contributed by atoms with Crippen molar-refractivity contribution in [2.24, 2.45) is 0 Å². The largest absolute Gasteiger partial charge is 0.289 e. The van der Waals surface area contributed by atoms with Gasteiger partial charge in [-0.25, -0.2) is 8.42 Å². The summed E-state index contributed by atoms with van der Waals surface area (Å²) >= 11 is 0. The van der Waals surface area contributed by atoms with Crippen LogP contribution in [0.25, 0.3) is 10.8 Å². The number of hydrogen-bond donors (Lipinski definition) is 1. The van der Waals surface area contributed by atoms with Gasteiger partial charge >= 0.3 is 0 Å². The summed E-state index contributed by atoms with van der Waals surface area (Å²) in [6.45, 7) is 6.36. The molecule has 0 unspecified atom stereocenters. The standard InChI is InChI=1S/C27H25NO3S/c1-27(2,3)23-14-11-20(12-15-23)26(29)22-9-6-10-24(17-22)28-32(30,31)25-16-13-19-7-4-5-8-21(19)18-25/h4-18,28H,1-3H3. The Morgan fingerprint density at radius 2 is 1.41 bits per heavy atom. The Morgan fingerprint density at radius 3 is 2.09 bits per heavy atom. The topological polar surface area (TPSA) is 63.2 Å². The van der Waals surface area contributed by atoms with Crippen molar-refractivity contribution in [3.05, 3.63) is 108 Å². The van der Waals surface area contributed by atoms with Gasteiger partial charge in [-0.1, -0.05) is 87.5 Å². The van der Waals surface area contributed by atoms with Gasteiger partial charge < -0.3 is 0 Å². The summed E-state index contributed by atoms with van der Waals surface area (Å²) in [5.41, 5.74) is 2.48. The number of anilines is 1. The van der Waals surface area contributed by atoms with Crippen LogP contribution in [0.4, 0.5) is 5.69 Å². The van der Waals surface area contributed by atoms with Crippen LogP contribution in [0.5, 0.6) is 0 Å². The summed E-state index contributed by atoms with van der Waals surface area (Å²) in [5.74, 6) is -0.155. The van der Waals surface area contributed by atoms with Gasteiger partial charge in [0, 0.05) is 16.8 Å². The van der Waals surface area contributed by atoms with Gasteiger partial charge in [0.2, 0.25) is 0 Å². The van der Waals surface area contributed by atoms with Crippen molar-refractivity contribution in [1.82, 2.24) is 0 Å². The van der Waals surface area contributed by atoms with Crippen LogP contribution in [-0.4, -0.2) is 14.2 Å². The highest BCUT2D eigenvalue weighted by molar-refractivity contribution is 7.92. The molecule has 0 heterocycles. The number of nitrogens with one attached hydrogen (secondary N) is 1. The molecule has 4 aromatic rings. The lowest BCUT2D eigenvalue weighted by Crippen LogP contribution is -2.13. The van der Waals surface area contributed by atoms with Crippen molar-refractivity contribution < 1.29 is 13.2 Å². The lowest BCUT2D eigenvalue weighted by Gasteiger charge is -2.19. The highest BCUT2D eigenvalue weighted by Crippen LogP contribution is 2.25. The molecule has 0 spiro atoms. The molecule has 0 fully saturated rings. The fraction of sp³-hybridized carbons (Fsp3) is 0.148. The molecule has 0 atom stereocenters. The molecule has 4 nitrogen and oxygen atoms in total. The Hall–Kier alpha value is -3.44. The average Bonchev–Trinajstić information content (AvgIpc) is 2.77. The molecule has 0 aliphatic carbocycles. The minimum absolute atomic E-state index is 0.00252. The molecule has 0 amide bonds. The van der Waals surface area contributed by atoms with Crippen molar-refractivity contribution in [2.45, 2.75) is 31.1 Å². The van der Waals surface area contributed by atoms with Crippen LogP contribution in [-0.2, 0) is 15.4 Å². The van der Waals surface area contributed by atoms with Crippen molar-refractivity contribution in [1.29, 1.82) is 0 Å². The van der Waals surface area contributed by atoms with Gasteiger partial charge in [0.25, 0.3) is 10.0 Å². The lowest BCUT2D eigenvalue weighted by atomic mass is 9.86. The third-order valence-electron chi connectivity index (χ3n) is 5.42. The van der Waals surface area contributed by atoms with Gasteiger partial charge in [-0.05, 0) is 46.0 Å². The number of carbonyl (C=O) groups excluding carboxylic acids is 1. The summed E-state index contributed by atoms with van der Waals surface area (Å²) in [5, 5.41) is 1.81. The van der Waals surface area contributed by atoms with Gasteiger partial charge in [-0.15, -0.1) is 0 Å². The van der Waals surface area contributed by atoms with Crippen LogP contribution in [0, 0.1) is 0 Å². The van der Waals surface area contributed by atoms with E-state index in [0.29, 0.717) is 16.8 Å². The van der Waals surface area contributed by atoms with E-state index in [0.717, 1.165) is 16.3 Å². The van der Waals surface area contributed by atoms with Crippen molar-refractivity contribution in [3.8, 4) is 0 Å². The van der Waals surface area contributed by atoms with E-state index >= 15 is 0 Å². The second kappa shape index (κ2) is 8.24. The van der Waals surface area contributed by atoms with E-state index in [4.69, 9.17) is 0 Å². The molecule has 0 bridgehead atoms. The van der Waals surface area contributed by atoms with Gasteiger partial charge in [0.05, 0.1) is 4.90 Å². The van der Waals surface area contributed by atoms with Crippen molar-refractivity contribution in [2.75, 3.05) is 4.72 Å². The Morgan fingerprint density at radius 1 is 0.719 bits per heavy atom. The number of fused-ring (bicyclic) bond motifs is 1. The smallest absolute Gasteiger partial charge is 0.261 e. The summed E-state index contributed by atoms with van der Waals surface area (Å²) in [6, 6.07) is 26.7. The van der Waals surface area contributed by atoms with Crippen LogP contribution >= 0.6 is 0 Å². The van der Waals surface area contributed by atoms with Crippen molar-refractivity contribution >= 4 is 32.3 Å². The summed E-state index contributed by atoms with van der Waals surface area (Å²) in [7, 11) is -3.80. The summed E-state index contributed by atoms with van der Waals surface area (Å²) in [4.78, 5) is 13.1. The first kappa shape index (κ1) is 21.8. The van der Waals surface area contributed by atoms with Crippen LogP contribution in [0.3, 0.4) is 0 Å². The second-order valence-corrected chi connectivity index (χ2v) is 10.5. The molecule has 32 heavy (non-hydrogen) atoms. The van der Waals surface area contributed by atoms with Gasteiger partial charge in [-0.3, -0.25) is 9.52 Å². The SMILES string of the molecule is CC(C)(C)c1ccc(C(=O)c2cccc(NS(=O)(=O)c3ccc4ccccc4c3)c2)cc1. The van der Waals surface area contributed by atoms with Gasteiger partial charge in [-0.2, -0.15) is 0 Å². The minimum atomic E-state index is -3.80. The zero-order chi connectivity index (χ0) is 22.9. The Labute approximate surface area is 189 Å². The zero-order valence-corrected chi connectivity index (χ0v) is 19.1. The maximum absolute atomic E-state index is 13.0. The predicted molar refractivity (Wildman–Crippen MR) is 130 cm³/mol. The zero-order valence-electron chi connectivity index (χ0n) is 18.3. The number of ketones is 1. The number of carbonyl (C=O) groups is 1. The third kappa shape index (κ3) is 4.58. The summed E-state index contributed by atoms with van der Waals surface area (Å²) < 4.78 is 28.5. The first-order chi connectivity index (χ1) is 15.1. The fourth-order valence-corrected chi connectivity index (χ4v) is 4.65. The number of rotatable bonds is 5. The van der Waals surface area contributed by atoms with E-state index in [2.05, 4.69) is 25.5 Å². The molecular weight excluding hydrogens is 418 g/mol. The Bertz CT molecular complexity index is 1400. The molecule has 0 saturated carbocycles. The number of hydrogen-bond acceptors (Lipinski definition) is 3. The van der Waals surface area contributed by atoms with Crippen LogP contribution in [0.1, 0.15) is 42.3 Å². The van der Waals surface area contributed by atoms with Crippen LogP contribution in [0.15, 0.2) is 95.9 Å². The number of sulfonamides is 1. The average molecular weight is 444 g/mol. The molecule has 0 saturated heterocycles. The van der Waals surface area contributed by atoms with E-state index < -0.39 is 10.0 Å². The van der Waals surface area contributed by atoms with Gasteiger partial charge in [0.1, 0.15) is 0 Å². The highest BCUT2D eigenvalue weighted by Gasteiger charge is 2.17. The molecule has 0 aliphatic heterocycles. The van der Waals surface area contributed by atoms with Crippen molar-refractivity contribution in [3.63, 3.8) is 0 Å². The fourth-order valence-electron chi connectivity index (χ4n) is 3.56. The van der Waals surface area contributed by atoms with E-state index in [-0.39, 0.29) is 16.1 Å². The Balaban J connectivity index is 1.58. The quantitative estimate of drug-likeness (QED) is 0.375. The molecular formula is C27H25NO3S. The maximum atomic E-state index is 13.0. The highest BCUT2D eigenvalue weighted by atomic mass is 32.2. The monoisotopic (exact) mass is 443 g/mol. The third-order valence-corrected chi connectivity index (χ3v) is 6.80. The molecule has 1 N–H and O–H groups in total. The first-order valence-corrected chi connectivity index (χ1v) is 11.9. The minimum Gasteiger partial charge on any atom is -0.289 e. The molecule has 0 aromatic heterocycles. The van der Waals surface area contributed by atoms with E-state index in [9.17, 15) is 13.2 Å². The number of benzene rings is 4. The molecule has 0 aliphatic rings. The molecule has 5 heteroatoms. The molecule has 0 radical (unpaired) electrons. The van der Waals surface area contributed by atoms with Crippen LogP contribution < -0.4 is 4.72 Å². The van der Waals surface area contributed by atoms with E-state index in [1.807, 2.05) is 48.5 Å². The molecule has 4 rings (SSSR count). The van der Waals surface area contributed by atoms with E-state index in [1.165, 1.54) is 0 Å². The summed E-state index contributed by atoms with van der Waals surface area (Å²) in [6.07, 6.45) is 0. The molecule has 4 aromatic carbocycles. The lowest BCUT2D eigenvalue weighted by molar-refractivity contribution is 0.103.